The average Bonchev–Trinajstić information content (AvgIpc) is 3.17. The van der Waals surface area contributed by atoms with Crippen LogP contribution < -0.4 is 10.6 Å². The molecule has 7 nitrogen and oxygen atoms in total. The summed E-state index contributed by atoms with van der Waals surface area (Å²) in [7, 11) is 0. The van der Waals surface area contributed by atoms with Crippen LogP contribution in [0.1, 0.15) is 23.3 Å². The summed E-state index contributed by atoms with van der Waals surface area (Å²) < 4.78 is 0. The predicted octanol–water partition coefficient (Wildman–Crippen LogP) is 2.29. The van der Waals surface area contributed by atoms with Crippen LogP contribution in [-0.4, -0.2) is 32.4 Å². The third-order valence-electron chi connectivity index (χ3n) is 3.93. The van der Waals surface area contributed by atoms with Gasteiger partial charge in [0, 0.05) is 23.7 Å². The number of aromatic nitrogens is 4. The molecule has 0 radical (unpaired) electrons. The fourth-order valence-corrected chi connectivity index (χ4v) is 3.00. The number of H-pyrrole nitrogens is 2. The molecule has 25 heavy (non-hydrogen) atoms. The van der Waals surface area contributed by atoms with Crippen LogP contribution >= 0.6 is 36.4 Å². The van der Waals surface area contributed by atoms with Crippen molar-refractivity contribution >= 4 is 53.4 Å². The lowest BCUT2D eigenvalue weighted by atomic mass is 10.1. The molecule has 1 aliphatic rings. The summed E-state index contributed by atoms with van der Waals surface area (Å²) in [5.41, 5.74) is 3.46. The Kier molecular flexibility index (Phi) is 6.29. The average molecular weight is 404 g/mol. The second-order valence-electron chi connectivity index (χ2n) is 5.47. The normalized spacial score (nSPS) is 15.8. The number of amides is 1. The first-order chi connectivity index (χ1) is 11.2. The van der Waals surface area contributed by atoms with Gasteiger partial charge in [0.1, 0.15) is 11.9 Å². The lowest BCUT2D eigenvalue weighted by Gasteiger charge is -2.21. The molecule has 0 saturated heterocycles. The molecule has 4 rings (SSSR count). The number of aromatic amines is 2. The molecule has 4 N–H and O–H groups in total. The van der Waals surface area contributed by atoms with Crippen LogP contribution in [0.5, 0.6) is 0 Å². The van der Waals surface area contributed by atoms with Gasteiger partial charge in [-0.25, -0.2) is 9.97 Å². The summed E-state index contributed by atoms with van der Waals surface area (Å²) in [5.74, 6) is 0.574. The van der Waals surface area contributed by atoms with Crippen molar-refractivity contribution in [2.45, 2.75) is 19.0 Å². The van der Waals surface area contributed by atoms with E-state index in [1.54, 1.807) is 12.4 Å². The molecule has 0 bridgehead atoms. The molecule has 0 saturated carbocycles. The second-order valence-corrected chi connectivity index (χ2v) is 5.90. The first-order valence-corrected chi connectivity index (χ1v) is 7.76. The van der Waals surface area contributed by atoms with Crippen LogP contribution in [0.25, 0.3) is 11.0 Å². The molecule has 0 aliphatic carbocycles. The number of imidazole rings is 2. The highest BCUT2D eigenvalue weighted by Gasteiger charge is 2.28. The molecule has 3 aromatic rings. The van der Waals surface area contributed by atoms with Crippen molar-refractivity contribution < 1.29 is 4.79 Å². The Morgan fingerprint density at radius 3 is 3.04 bits per heavy atom. The summed E-state index contributed by atoms with van der Waals surface area (Å²) in [6.45, 7) is 1.07. The molecule has 0 fully saturated rings. The lowest BCUT2D eigenvalue weighted by molar-refractivity contribution is -0.123. The van der Waals surface area contributed by atoms with Gasteiger partial charge in [0.15, 0.2) is 0 Å². The molecule has 1 atom stereocenters. The van der Waals surface area contributed by atoms with Crippen LogP contribution in [0.15, 0.2) is 24.5 Å². The summed E-state index contributed by atoms with van der Waals surface area (Å²) in [6, 6.07) is 5.02. The maximum atomic E-state index is 12.4. The first-order valence-electron chi connectivity index (χ1n) is 7.38. The van der Waals surface area contributed by atoms with Gasteiger partial charge < -0.3 is 20.6 Å². The van der Waals surface area contributed by atoms with E-state index in [0.717, 1.165) is 35.4 Å². The first kappa shape index (κ1) is 19.5. The molecule has 3 heterocycles. The molecule has 2 aromatic heterocycles. The Hall–Kier alpha value is -1.80. The highest BCUT2D eigenvalue weighted by molar-refractivity contribution is 6.31. The molecule has 1 aromatic carbocycles. The van der Waals surface area contributed by atoms with E-state index in [1.165, 1.54) is 0 Å². The summed E-state index contributed by atoms with van der Waals surface area (Å²) in [6.07, 6.45) is 2.48. The van der Waals surface area contributed by atoms with E-state index in [9.17, 15) is 4.79 Å². The third-order valence-corrected chi connectivity index (χ3v) is 4.17. The quantitative estimate of drug-likeness (QED) is 0.539. The molecule has 134 valence electrons. The third kappa shape index (κ3) is 3.90. The molecular weight excluding hydrogens is 387 g/mol. The summed E-state index contributed by atoms with van der Waals surface area (Å²) in [4.78, 5) is 27.3. The number of halogens is 3. The van der Waals surface area contributed by atoms with Crippen molar-refractivity contribution in [1.29, 1.82) is 0 Å². The Morgan fingerprint density at radius 1 is 1.36 bits per heavy atom. The van der Waals surface area contributed by atoms with Crippen LogP contribution in [0, 0.1) is 0 Å². The number of carbonyl (C=O) groups excluding carboxylic acids is 1. The Bertz CT molecular complexity index is 877. The van der Waals surface area contributed by atoms with E-state index in [0.29, 0.717) is 17.4 Å². The zero-order valence-electron chi connectivity index (χ0n) is 13.0. The topological polar surface area (TPSA) is 98.5 Å². The lowest BCUT2D eigenvalue weighted by Crippen LogP contribution is -2.41. The van der Waals surface area contributed by atoms with Gasteiger partial charge in [0.25, 0.3) is 0 Å². The van der Waals surface area contributed by atoms with Gasteiger partial charge >= 0.3 is 0 Å². The minimum absolute atomic E-state index is 0. The van der Waals surface area contributed by atoms with Gasteiger partial charge in [-0.1, -0.05) is 11.6 Å². The van der Waals surface area contributed by atoms with E-state index in [1.807, 2.05) is 12.1 Å². The number of nitrogens with zero attached hydrogens (tertiary/aromatic N) is 2. The van der Waals surface area contributed by atoms with Crippen LogP contribution in [-0.2, 0) is 17.8 Å². The maximum absolute atomic E-state index is 12.4. The number of hydrogen-bond donors (Lipinski definition) is 4. The monoisotopic (exact) mass is 402 g/mol. The largest absolute Gasteiger partial charge is 0.348 e. The minimum Gasteiger partial charge on any atom is -0.348 e. The standard InChI is InChI=1S/C15H15ClN6O.2ClH/c16-8-1-2-9-11(5-8)22-12(21-9)6-18-15(23)14-13-10(3-4-17-14)19-7-20-13;;/h1-2,5,7,14,17H,3-4,6H2,(H,18,23)(H,19,20)(H,21,22);2*1H. The Morgan fingerprint density at radius 2 is 2.20 bits per heavy atom. The number of fused-ring (bicyclic) bond motifs is 2. The van der Waals surface area contributed by atoms with Crippen molar-refractivity contribution in [3.8, 4) is 0 Å². The Labute approximate surface area is 161 Å². The molecule has 1 aliphatic heterocycles. The van der Waals surface area contributed by atoms with Crippen molar-refractivity contribution in [2.75, 3.05) is 6.54 Å². The molecule has 0 spiro atoms. The summed E-state index contributed by atoms with van der Waals surface area (Å²) in [5, 5.41) is 6.73. The highest BCUT2D eigenvalue weighted by atomic mass is 35.5. The number of rotatable bonds is 3. The fourth-order valence-electron chi connectivity index (χ4n) is 2.83. The molecule has 10 heteroatoms. The zero-order chi connectivity index (χ0) is 15.8. The number of benzene rings is 1. The zero-order valence-corrected chi connectivity index (χ0v) is 15.4. The minimum atomic E-state index is -0.427. The van der Waals surface area contributed by atoms with E-state index >= 15 is 0 Å². The SMILES string of the molecule is Cl.Cl.O=C(NCc1nc2ccc(Cl)cc2[nH]1)C1NCCc2[nH]cnc21. The molecule has 1 unspecified atom stereocenters. The fraction of sp³-hybridized carbons (Fsp3) is 0.267. The van der Waals surface area contributed by atoms with E-state index < -0.39 is 6.04 Å². The van der Waals surface area contributed by atoms with Gasteiger partial charge in [0.2, 0.25) is 5.91 Å². The number of carbonyl (C=O) groups is 1. The highest BCUT2D eigenvalue weighted by Crippen LogP contribution is 2.20. The second kappa shape index (κ2) is 8.05. The van der Waals surface area contributed by atoms with Gasteiger partial charge in [-0.05, 0) is 18.2 Å². The van der Waals surface area contributed by atoms with Crippen molar-refractivity contribution in [3.05, 3.63) is 46.8 Å². The van der Waals surface area contributed by atoms with Crippen molar-refractivity contribution in [2.24, 2.45) is 0 Å². The van der Waals surface area contributed by atoms with Gasteiger partial charge in [-0.2, -0.15) is 0 Å². The van der Waals surface area contributed by atoms with Gasteiger partial charge in [-0.3, -0.25) is 4.79 Å². The Balaban J connectivity index is 0.00000113. The van der Waals surface area contributed by atoms with Gasteiger partial charge in [-0.15, -0.1) is 24.8 Å². The van der Waals surface area contributed by atoms with E-state index in [2.05, 4.69) is 30.6 Å². The van der Waals surface area contributed by atoms with E-state index in [4.69, 9.17) is 11.6 Å². The van der Waals surface area contributed by atoms with Crippen molar-refractivity contribution in [1.82, 2.24) is 30.6 Å². The van der Waals surface area contributed by atoms with Crippen LogP contribution in [0.4, 0.5) is 0 Å². The van der Waals surface area contributed by atoms with Crippen molar-refractivity contribution in [3.63, 3.8) is 0 Å². The van der Waals surface area contributed by atoms with E-state index in [-0.39, 0.29) is 30.7 Å². The summed E-state index contributed by atoms with van der Waals surface area (Å²) >= 11 is 5.96. The number of nitrogens with one attached hydrogen (secondary N) is 4. The maximum Gasteiger partial charge on any atom is 0.243 e. The van der Waals surface area contributed by atoms with Gasteiger partial charge in [0.05, 0.1) is 29.6 Å². The predicted molar refractivity (Wildman–Crippen MR) is 100 cm³/mol. The number of hydrogen-bond acceptors (Lipinski definition) is 4. The van der Waals surface area contributed by atoms with Crippen LogP contribution in [0.2, 0.25) is 5.02 Å². The van der Waals surface area contributed by atoms with Crippen LogP contribution in [0.3, 0.4) is 0 Å². The molecular formula is C15H17Cl3N6O. The smallest absolute Gasteiger partial charge is 0.243 e. The molecule has 1 amide bonds.